The maximum atomic E-state index is 12.4. The predicted octanol–water partition coefficient (Wildman–Crippen LogP) is 2.46. The molecule has 1 N–H and O–H groups in total. The Morgan fingerprint density at radius 3 is 1.85 bits per heavy atom. The van der Waals surface area contributed by atoms with Gasteiger partial charge in [-0.1, -0.05) is 30.3 Å². The van der Waals surface area contributed by atoms with E-state index in [0.29, 0.717) is 26.2 Å². The Kier molecular flexibility index (Phi) is 6.64. The normalized spacial score (nSPS) is 11.6. The van der Waals surface area contributed by atoms with Crippen LogP contribution in [-0.2, 0) is 23.1 Å². The Bertz CT molecular complexity index is 878. The van der Waals surface area contributed by atoms with E-state index in [9.17, 15) is 8.42 Å². The van der Waals surface area contributed by atoms with Crippen molar-refractivity contribution < 1.29 is 8.42 Å². The fourth-order valence-corrected chi connectivity index (χ4v) is 3.72. The molecule has 0 fully saturated rings. The first kappa shape index (κ1) is 19.2. The van der Waals surface area contributed by atoms with E-state index in [1.54, 1.807) is 42.7 Å². The zero-order valence-corrected chi connectivity index (χ0v) is 15.7. The number of nitrogens with zero attached hydrogens (tertiary/aromatic N) is 3. The number of aromatic nitrogens is 2. The molecule has 0 aliphatic rings. The second-order valence-corrected chi connectivity index (χ2v) is 7.83. The van der Waals surface area contributed by atoms with Crippen molar-refractivity contribution >= 4 is 10.0 Å². The number of hydrogen-bond acceptors (Lipinski definition) is 5. The molecular formula is C20H22N4O2S. The van der Waals surface area contributed by atoms with Crippen molar-refractivity contribution in [3.63, 3.8) is 0 Å². The van der Waals surface area contributed by atoms with Gasteiger partial charge in [-0.25, -0.2) is 13.1 Å². The van der Waals surface area contributed by atoms with Crippen molar-refractivity contribution in [1.82, 2.24) is 19.6 Å². The number of hydrogen-bond donors (Lipinski definition) is 1. The third-order valence-electron chi connectivity index (χ3n) is 4.00. The highest BCUT2D eigenvalue weighted by Gasteiger charge is 2.14. The van der Waals surface area contributed by atoms with Gasteiger partial charge in [-0.2, -0.15) is 0 Å². The summed E-state index contributed by atoms with van der Waals surface area (Å²) in [4.78, 5) is 11.1. The molecule has 0 amide bonds. The van der Waals surface area contributed by atoms with Crippen molar-refractivity contribution in [2.45, 2.75) is 18.0 Å². The average molecular weight is 382 g/mol. The average Bonchev–Trinajstić information content (AvgIpc) is 2.70. The largest absolute Gasteiger partial charge is 0.290 e. The lowest BCUT2D eigenvalue weighted by atomic mass is 10.3. The Balaban J connectivity index is 1.64. The molecule has 0 saturated carbocycles. The number of pyridine rings is 2. The minimum atomic E-state index is -3.51. The molecule has 0 aliphatic heterocycles. The van der Waals surface area contributed by atoms with E-state index in [4.69, 9.17) is 0 Å². The van der Waals surface area contributed by atoms with E-state index in [-0.39, 0.29) is 4.90 Å². The molecule has 0 radical (unpaired) electrons. The summed E-state index contributed by atoms with van der Waals surface area (Å²) in [7, 11) is -3.51. The number of nitrogens with one attached hydrogen (secondary N) is 1. The van der Waals surface area contributed by atoms with Crippen molar-refractivity contribution in [3.05, 3.63) is 90.5 Å². The lowest BCUT2D eigenvalue weighted by Crippen LogP contribution is -2.34. The maximum Gasteiger partial charge on any atom is 0.240 e. The topological polar surface area (TPSA) is 75.2 Å². The molecule has 0 saturated heterocycles. The molecule has 2 heterocycles. The van der Waals surface area contributed by atoms with Crippen LogP contribution < -0.4 is 4.72 Å². The van der Waals surface area contributed by atoms with Crippen LogP contribution >= 0.6 is 0 Å². The molecule has 3 aromatic rings. The fraction of sp³-hybridized carbons (Fsp3) is 0.200. The summed E-state index contributed by atoms with van der Waals surface area (Å²) in [6.07, 6.45) is 3.51. The van der Waals surface area contributed by atoms with Crippen LogP contribution in [-0.4, -0.2) is 36.4 Å². The van der Waals surface area contributed by atoms with Crippen LogP contribution in [0.15, 0.2) is 84.0 Å². The Labute approximate surface area is 160 Å². The first-order valence-electron chi connectivity index (χ1n) is 8.70. The van der Waals surface area contributed by atoms with Crippen molar-refractivity contribution in [2.75, 3.05) is 13.1 Å². The zero-order chi connectivity index (χ0) is 19.0. The molecule has 7 heteroatoms. The summed E-state index contributed by atoms with van der Waals surface area (Å²) >= 11 is 0. The first-order chi connectivity index (χ1) is 13.1. The summed E-state index contributed by atoms with van der Waals surface area (Å²) in [5.41, 5.74) is 1.86. The minimum Gasteiger partial charge on any atom is -0.290 e. The van der Waals surface area contributed by atoms with Crippen LogP contribution in [0.5, 0.6) is 0 Å². The van der Waals surface area contributed by atoms with Gasteiger partial charge in [-0.3, -0.25) is 14.9 Å². The van der Waals surface area contributed by atoms with Gasteiger partial charge in [0, 0.05) is 38.6 Å². The summed E-state index contributed by atoms with van der Waals surface area (Å²) in [6.45, 7) is 2.07. The highest BCUT2D eigenvalue weighted by Crippen LogP contribution is 2.09. The molecule has 140 valence electrons. The van der Waals surface area contributed by atoms with Gasteiger partial charge in [0.25, 0.3) is 0 Å². The summed E-state index contributed by atoms with van der Waals surface area (Å²) < 4.78 is 27.4. The van der Waals surface area contributed by atoms with Gasteiger partial charge in [-0.05, 0) is 36.4 Å². The predicted molar refractivity (Wildman–Crippen MR) is 104 cm³/mol. The molecule has 0 aliphatic carbocycles. The van der Waals surface area contributed by atoms with Gasteiger partial charge < -0.3 is 0 Å². The van der Waals surface area contributed by atoms with Gasteiger partial charge >= 0.3 is 0 Å². The molecular weight excluding hydrogens is 360 g/mol. The van der Waals surface area contributed by atoms with Crippen LogP contribution in [0.3, 0.4) is 0 Å². The van der Waals surface area contributed by atoms with Gasteiger partial charge in [0.2, 0.25) is 10.0 Å². The molecule has 1 aromatic carbocycles. The second kappa shape index (κ2) is 9.36. The van der Waals surface area contributed by atoms with Crippen molar-refractivity contribution in [1.29, 1.82) is 0 Å². The zero-order valence-electron chi connectivity index (χ0n) is 14.9. The standard InChI is InChI=1S/C20H22N4O2S/c25-27(26,20-10-2-1-3-11-20)23-14-15-24(16-18-8-4-6-12-21-18)17-19-9-5-7-13-22-19/h1-13,23H,14-17H2. The van der Waals surface area contributed by atoms with Gasteiger partial charge in [-0.15, -0.1) is 0 Å². The van der Waals surface area contributed by atoms with Gasteiger partial charge in [0.15, 0.2) is 0 Å². The van der Waals surface area contributed by atoms with Crippen LogP contribution in [0, 0.1) is 0 Å². The Hall–Kier alpha value is -2.61. The molecule has 0 bridgehead atoms. The molecule has 3 rings (SSSR count). The fourth-order valence-electron chi connectivity index (χ4n) is 2.68. The smallest absolute Gasteiger partial charge is 0.240 e. The number of benzene rings is 1. The van der Waals surface area contributed by atoms with Crippen LogP contribution in [0.2, 0.25) is 0 Å². The van der Waals surface area contributed by atoms with Crippen LogP contribution in [0.25, 0.3) is 0 Å². The molecule has 0 atom stereocenters. The second-order valence-electron chi connectivity index (χ2n) is 6.06. The van der Waals surface area contributed by atoms with Crippen molar-refractivity contribution in [2.24, 2.45) is 0 Å². The van der Waals surface area contributed by atoms with Crippen molar-refractivity contribution in [3.8, 4) is 0 Å². The van der Waals surface area contributed by atoms with E-state index in [2.05, 4.69) is 19.6 Å². The highest BCUT2D eigenvalue weighted by atomic mass is 32.2. The summed E-state index contributed by atoms with van der Waals surface area (Å²) in [5, 5.41) is 0. The lowest BCUT2D eigenvalue weighted by molar-refractivity contribution is 0.255. The van der Waals surface area contributed by atoms with E-state index in [1.165, 1.54) is 0 Å². The first-order valence-corrected chi connectivity index (χ1v) is 10.2. The quantitative estimate of drug-likeness (QED) is 0.615. The van der Waals surface area contributed by atoms with Gasteiger partial charge in [0.1, 0.15) is 0 Å². The third-order valence-corrected chi connectivity index (χ3v) is 5.47. The molecule has 6 nitrogen and oxygen atoms in total. The van der Waals surface area contributed by atoms with Crippen LogP contribution in [0.4, 0.5) is 0 Å². The number of sulfonamides is 1. The lowest BCUT2D eigenvalue weighted by Gasteiger charge is -2.21. The van der Waals surface area contributed by atoms with E-state index >= 15 is 0 Å². The maximum absolute atomic E-state index is 12.4. The third kappa shape index (κ3) is 5.96. The van der Waals surface area contributed by atoms with Gasteiger partial charge in [0.05, 0.1) is 16.3 Å². The summed E-state index contributed by atoms with van der Waals surface area (Å²) in [6, 6.07) is 19.9. The molecule has 0 spiro atoms. The van der Waals surface area contributed by atoms with E-state index in [0.717, 1.165) is 11.4 Å². The molecule has 0 unspecified atom stereocenters. The Morgan fingerprint density at radius 1 is 0.778 bits per heavy atom. The molecule has 27 heavy (non-hydrogen) atoms. The Morgan fingerprint density at radius 2 is 1.33 bits per heavy atom. The molecule has 2 aromatic heterocycles. The van der Waals surface area contributed by atoms with E-state index < -0.39 is 10.0 Å². The highest BCUT2D eigenvalue weighted by molar-refractivity contribution is 7.89. The van der Waals surface area contributed by atoms with E-state index in [1.807, 2.05) is 36.4 Å². The number of rotatable bonds is 9. The van der Waals surface area contributed by atoms with Crippen LogP contribution in [0.1, 0.15) is 11.4 Å². The minimum absolute atomic E-state index is 0.269. The SMILES string of the molecule is O=S(=O)(NCCN(Cc1ccccn1)Cc1ccccn1)c1ccccc1. The monoisotopic (exact) mass is 382 g/mol. The summed E-state index contributed by atoms with van der Waals surface area (Å²) in [5.74, 6) is 0.